The molecule has 0 atom stereocenters. The summed E-state index contributed by atoms with van der Waals surface area (Å²) in [4.78, 5) is 12.9. The van der Waals surface area contributed by atoms with Crippen molar-refractivity contribution in [3.8, 4) is 0 Å². The van der Waals surface area contributed by atoms with Crippen LogP contribution >= 0.6 is 0 Å². The fourth-order valence-corrected chi connectivity index (χ4v) is 10.4. The summed E-state index contributed by atoms with van der Waals surface area (Å²) in [6, 6.07) is 3.53. The van der Waals surface area contributed by atoms with Gasteiger partial charge >= 0.3 is 5.97 Å². The van der Waals surface area contributed by atoms with E-state index in [0.717, 1.165) is 0 Å². The van der Waals surface area contributed by atoms with Gasteiger partial charge in [-0.1, -0.05) is 201 Å². The maximum absolute atomic E-state index is 12.9. The maximum Gasteiger partial charge on any atom is 0.319 e. The molecule has 0 amide bonds. The van der Waals surface area contributed by atoms with E-state index in [-0.39, 0.29) is 5.97 Å². The van der Waals surface area contributed by atoms with Crippen LogP contribution in [0.4, 0.5) is 0 Å². The number of rotatable bonds is 32. The molecule has 0 aromatic carbocycles. The Balaban J connectivity index is 4.80. The van der Waals surface area contributed by atoms with Crippen LogP contribution < -0.4 is 0 Å². The molecule has 40 heavy (non-hydrogen) atoms. The van der Waals surface area contributed by atoms with Gasteiger partial charge < -0.3 is 4.43 Å². The molecule has 3 heteroatoms. The van der Waals surface area contributed by atoms with E-state index < -0.39 is 8.32 Å². The number of carbonyl (C=O) groups excluding carboxylic acids is 1. The van der Waals surface area contributed by atoms with Crippen molar-refractivity contribution in [2.75, 3.05) is 0 Å². The molecule has 0 aromatic heterocycles. The molecule has 0 aliphatic carbocycles. The zero-order chi connectivity index (χ0) is 29.6. The van der Waals surface area contributed by atoms with Gasteiger partial charge in [0.2, 0.25) is 0 Å². The molecule has 0 heterocycles. The molecule has 2 nitrogen and oxygen atoms in total. The van der Waals surface area contributed by atoms with Gasteiger partial charge in [0, 0.05) is 5.57 Å². The van der Waals surface area contributed by atoms with Gasteiger partial charge in [0.05, 0.1) is 0 Å². The second-order valence-electron chi connectivity index (χ2n) is 13.1. The minimum atomic E-state index is -2.09. The van der Waals surface area contributed by atoms with Gasteiger partial charge in [-0.3, -0.25) is 0 Å². The van der Waals surface area contributed by atoms with Crippen LogP contribution in [0.5, 0.6) is 0 Å². The average molecular weight is 579 g/mol. The van der Waals surface area contributed by atoms with Gasteiger partial charge in [-0.05, 0) is 25.1 Å². The Hall–Kier alpha value is -0.573. The topological polar surface area (TPSA) is 26.3 Å². The minimum absolute atomic E-state index is 0.102. The van der Waals surface area contributed by atoms with Crippen LogP contribution in [0.2, 0.25) is 18.1 Å². The van der Waals surface area contributed by atoms with Gasteiger partial charge in [0.15, 0.2) is 0 Å². The second-order valence-corrected chi connectivity index (χ2v) is 17.2. The number of carbonyl (C=O) groups is 1. The van der Waals surface area contributed by atoms with Crippen molar-refractivity contribution in [3.63, 3.8) is 0 Å². The van der Waals surface area contributed by atoms with Gasteiger partial charge in [-0.25, -0.2) is 4.79 Å². The molecule has 0 rings (SSSR count). The Bertz CT molecular complexity index is 503. The molecule has 0 N–H and O–H groups in total. The standard InChI is InChI=1S/C37H74O2Si/c1-6-9-12-15-18-21-24-27-30-33-40(39-37(38)36(4)5,34-31-28-25-22-19-16-13-10-7-2)35-32-29-26-23-20-17-14-11-8-3/h4,6-35H2,1-3,5H3. The van der Waals surface area contributed by atoms with Crippen LogP contribution in [0.15, 0.2) is 12.2 Å². The van der Waals surface area contributed by atoms with Crippen molar-refractivity contribution in [3.05, 3.63) is 12.2 Å². The Labute approximate surface area is 254 Å². The summed E-state index contributed by atoms with van der Waals surface area (Å²) in [5, 5.41) is 0. The molecule has 0 aliphatic rings. The lowest BCUT2D eigenvalue weighted by Gasteiger charge is -2.32. The van der Waals surface area contributed by atoms with Crippen LogP contribution in [-0.2, 0) is 9.22 Å². The van der Waals surface area contributed by atoms with Crippen LogP contribution in [0, 0.1) is 0 Å². The fraction of sp³-hybridized carbons (Fsp3) is 0.919. The Morgan fingerprint density at radius 2 is 0.675 bits per heavy atom. The lowest BCUT2D eigenvalue weighted by Crippen LogP contribution is -2.40. The molecule has 0 spiro atoms. The van der Waals surface area contributed by atoms with Gasteiger partial charge in [-0.2, -0.15) is 0 Å². The summed E-state index contributed by atoms with van der Waals surface area (Å²) in [7, 11) is -2.09. The van der Waals surface area contributed by atoms with Crippen LogP contribution in [0.25, 0.3) is 0 Å². The lowest BCUT2D eigenvalue weighted by molar-refractivity contribution is -0.131. The van der Waals surface area contributed by atoms with E-state index in [0.29, 0.717) is 5.57 Å². The highest BCUT2D eigenvalue weighted by Gasteiger charge is 2.37. The van der Waals surface area contributed by atoms with E-state index in [4.69, 9.17) is 4.43 Å². The first-order chi connectivity index (χ1) is 19.5. The van der Waals surface area contributed by atoms with Gasteiger partial charge in [0.25, 0.3) is 8.32 Å². The molecule has 0 fully saturated rings. The smallest absolute Gasteiger partial charge is 0.319 e. The zero-order valence-electron chi connectivity index (χ0n) is 28.2. The summed E-state index contributed by atoms with van der Waals surface area (Å²) in [6.45, 7) is 12.6. The van der Waals surface area contributed by atoms with Crippen molar-refractivity contribution in [2.24, 2.45) is 0 Å². The molecule has 238 valence electrons. The highest BCUT2D eigenvalue weighted by atomic mass is 28.4. The fourth-order valence-electron chi connectivity index (χ4n) is 6.09. The third-order valence-corrected chi connectivity index (χ3v) is 13.3. The second kappa shape index (κ2) is 29.9. The lowest BCUT2D eigenvalue weighted by atomic mass is 10.1. The average Bonchev–Trinajstić information content (AvgIpc) is 2.94. The molecular formula is C37H74O2Si. The summed E-state index contributed by atoms with van der Waals surface area (Å²) >= 11 is 0. The highest BCUT2D eigenvalue weighted by molar-refractivity contribution is 6.75. The predicted molar refractivity (Wildman–Crippen MR) is 183 cm³/mol. The zero-order valence-corrected chi connectivity index (χ0v) is 29.2. The maximum atomic E-state index is 12.9. The summed E-state index contributed by atoms with van der Waals surface area (Å²) in [5.41, 5.74) is 0.586. The van der Waals surface area contributed by atoms with Crippen molar-refractivity contribution in [2.45, 2.75) is 219 Å². The quantitative estimate of drug-likeness (QED) is 0.0451. The first kappa shape index (κ1) is 39.4. The third kappa shape index (κ3) is 25.2. The summed E-state index contributed by atoms with van der Waals surface area (Å²) < 4.78 is 6.52. The summed E-state index contributed by atoms with van der Waals surface area (Å²) in [6.07, 6.45) is 36.6. The van der Waals surface area contributed by atoms with Crippen molar-refractivity contribution in [1.82, 2.24) is 0 Å². The monoisotopic (exact) mass is 579 g/mol. The molecule has 0 aliphatic heterocycles. The largest absolute Gasteiger partial charge is 0.516 e. The molecule has 0 radical (unpaired) electrons. The molecule has 0 bridgehead atoms. The first-order valence-corrected chi connectivity index (χ1v) is 20.9. The van der Waals surface area contributed by atoms with Gasteiger partial charge in [0.1, 0.15) is 0 Å². The van der Waals surface area contributed by atoms with Crippen LogP contribution in [0.1, 0.15) is 201 Å². The van der Waals surface area contributed by atoms with E-state index >= 15 is 0 Å². The highest BCUT2D eigenvalue weighted by Crippen LogP contribution is 2.32. The minimum Gasteiger partial charge on any atom is -0.516 e. The Kier molecular flexibility index (Phi) is 29.5. The van der Waals surface area contributed by atoms with Crippen LogP contribution in [-0.4, -0.2) is 14.3 Å². The Morgan fingerprint density at radius 1 is 0.450 bits per heavy atom. The van der Waals surface area contributed by atoms with Crippen molar-refractivity contribution in [1.29, 1.82) is 0 Å². The van der Waals surface area contributed by atoms with Crippen molar-refractivity contribution < 1.29 is 9.22 Å². The molecule has 0 aromatic rings. The van der Waals surface area contributed by atoms with Crippen LogP contribution in [0.3, 0.4) is 0 Å². The normalized spacial score (nSPS) is 11.7. The predicted octanol–water partition coefficient (Wildman–Crippen LogP) is 13.6. The van der Waals surface area contributed by atoms with E-state index in [1.165, 1.54) is 191 Å². The van der Waals surface area contributed by atoms with E-state index in [9.17, 15) is 4.79 Å². The molecule has 0 unspecified atom stereocenters. The third-order valence-electron chi connectivity index (χ3n) is 8.87. The SMILES string of the molecule is C=C(C)C(=O)O[Si](CCCCCCCCCCC)(CCCCCCCCCCC)CCCCCCCCCCC. The molecule has 0 saturated carbocycles. The van der Waals surface area contributed by atoms with E-state index in [2.05, 4.69) is 27.4 Å². The number of unbranched alkanes of at least 4 members (excludes halogenated alkanes) is 24. The molecule has 0 saturated heterocycles. The number of hydrogen-bond acceptors (Lipinski definition) is 2. The Morgan fingerprint density at radius 3 is 0.900 bits per heavy atom. The number of hydrogen-bond donors (Lipinski definition) is 0. The van der Waals surface area contributed by atoms with E-state index in [1.54, 1.807) is 0 Å². The van der Waals surface area contributed by atoms with Crippen molar-refractivity contribution >= 4 is 14.3 Å². The summed E-state index contributed by atoms with van der Waals surface area (Å²) in [5.74, 6) is -0.102. The first-order valence-electron chi connectivity index (χ1n) is 18.4. The molecular weight excluding hydrogens is 504 g/mol. The van der Waals surface area contributed by atoms with Gasteiger partial charge in [-0.15, -0.1) is 0 Å². The van der Waals surface area contributed by atoms with E-state index in [1.807, 2.05) is 6.92 Å².